The predicted octanol–water partition coefficient (Wildman–Crippen LogP) is 1.40. The number of aliphatic hydroxyl groups is 1. The molecule has 0 radical (unpaired) electrons. The van der Waals surface area contributed by atoms with Crippen LogP contribution in [-0.2, 0) is 13.1 Å². The van der Waals surface area contributed by atoms with Crippen molar-refractivity contribution < 1.29 is 5.11 Å². The summed E-state index contributed by atoms with van der Waals surface area (Å²) in [5.74, 6) is 0. The smallest absolute Gasteiger partial charge is 0.0534 e. The highest BCUT2D eigenvalue weighted by molar-refractivity contribution is 5.03. The van der Waals surface area contributed by atoms with Crippen LogP contribution in [0.5, 0.6) is 0 Å². The lowest BCUT2D eigenvalue weighted by atomic mass is 9.95. The van der Waals surface area contributed by atoms with Crippen LogP contribution >= 0.6 is 0 Å². The molecular weight excluding hydrogens is 202 g/mol. The Labute approximate surface area is 97.7 Å². The molecule has 1 aromatic rings. The lowest BCUT2D eigenvalue weighted by Gasteiger charge is -2.21. The van der Waals surface area contributed by atoms with Gasteiger partial charge >= 0.3 is 0 Å². The van der Waals surface area contributed by atoms with Gasteiger partial charge in [-0.15, -0.1) is 0 Å². The number of hydrogen-bond acceptors (Lipinski definition) is 3. The zero-order valence-corrected chi connectivity index (χ0v) is 10.5. The van der Waals surface area contributed by atoms with E-state index in [0.29, 0.717) is 0 Å². The molecule has 0 fully saturated rings. The van der Waals surface area contributed by atoms with Crippen molar-refractivity contribution in [1.29, 1.82) is 0 Å². The monoisotopic (exact) mass is 225 g/mol. The van der Waals surface area contributed by atoms with E-state index in [1.165, 1.54) is 5.56 Å². The Morgan fingerprint density at radius 1 is 1.50 bits per heavy atom. The third-order valence-electron chi connectivity index (χ3n) is 2.50. The predicted molar refractivity (Wildman–Crippen MR) is 65.1 cm³/mol. The van der Waals surface area contributed by atoms with Gasteiger partial charge in [0.25, 0.3) is 0 Å². The van der Waals surface area contributed by atoms with Gasteiger partial charge in [0.2, 0.25) is 0 Å². The summed E-state index contributed by atoms with van der Waals surface area (Å²) >= 11 is 0. The van der Waals surface area contributed by atoms with Gasteiger partial charge in [0, 0.05) is 43.4 Å². The fraction of sp³-hybridized carbons (Fsp3) is 0.750. The summed E-state index contributed by atoms with van der Waals surface area (Å²) in [6, 6.07) is 0. The van der Waals surface area contributed by atoms with Crippen LogP contribution in [-0.4, -0.2) is 28.0 Å². The molecular formula is C12H23N3O. The molecule has 1 aromatic heterocycles. The Bertz CT molecular complexity index is 307. The number of rotatable bonds is 7. The van der Waals surface area contributed by atoms with Crippen LogP contribution in [0.3, 0.4) is 0 Å². The van der Waals surface area contributed by atoms with Gasteiger partial charge < -0.3 is 10.4 Å². The van der Waals surface area contributed by atoms with Crippen LogP contribution in [0.2, 0.25) is 0 Å². The summed E-state index contributed by atoms with van der Waals surface area (Å²) in [5.41, 5.74) is 1.14. The van der Waals surface area contributed by atoms with E-state index < -0.39 is 0 Å². The normalized spacial score (nSPS) is 12.0. The van der Waals surface area contributed by atoms with Gasteiger partial charge in [-0.25, -0.2) is 0 Å². The summed E-state index contributed by atoms with van der Waals surface area (Å²) in [6.07, 6.45) is 5.07. The summed E-state index contributed by atoms with van der Waals surface area (Å²) in [6.45, 7) is 9.03. The first-order valence-corrected chi connectivity index (χ1v) is 5.90. The van der Waals surface area contributed by atoms with E-state index in [1.807, 2.05) is 24.7 Å². The second-order valence-corrected chi connectivity index (χ2v) is 5.04. The summed E-state index contributed by atoms with van der Waals surface area (Å²) < 4.78 is 1.97. The molecule has 0 aliphatic rings. The van der Waals surface area contributed by atoms with Crippen molar-refractivity contribution in [2.45, 2.75) is 40.3 Å². The summed E-state index contributed by atoms with van der Waals surface area (Å²) in [4.78, 5) is 0. The molecule has 0 saturated heterocycles. The molecule has 0 aliphatic carbocycles. The highest BCUT2D eigenvalue weighted by atomic mass is 16.3. The van der Waals surface area contributed by atoms with E-state index in [4.69, 9.17) is 5.11 Å². The summed E-state index contributed by atoms with van der Waals surface area (Å²) in [7, 11) is 0. The van der Waals surface area contributed by atoms with Gasteiger partial charge in [0.05, 0.1) is 6.20 Å². The van der Waals surface area contributed by atoms with Gasteiger partial charge in [-0.2, -0.15) is 5.10 Å². The molecule has 1 heterocycles. The Morgan fingerprint density at radius 3 is 2.88 bits per heavy atom. The van der Waals surface area contributed by atoms with E-state index in [1.54, 1.807) is 0 Å². The molecule has 0 bridgehead atoms. The van der Waals surface area contributed by atoms with Crippen LogP contribution in [0.15, 0.2) is 12.4 Å². The standard InChI is InChI=1S/C12H23N3O/c1-4-5-15-8-11(7-14-15)6-13-9-12(2,3)10-16/h7-8,13,16H,4-6,9-10H2,1-3H3. The minimum Gasteiger partial charge on any atom is -0.396 e. The maximum Gasteiger partial charge on any atom is 0.0534 e. The Morgan fingerprint density at radius 2 is 2.25 bits per heavy atom. The van der Waals surface area contributed by atoms with Crippen LogP contribution < -0.4 is 5.32 Å². The van der Waals surface area contributed by atoms with Crippen molar-refractivity contribution in [2.24, 2.45) is 5.41 Å². The molecule has 0 aromatic carbocycles. The summed E-state index contributed by atoms with van der Waals surface area (Å²) in [5, 5.41) is 16.7. The van der Waals surface area contributed by atoms with Gasteiger partial charge in [0.15, 0.2) is 0 Å². The van der Waals surface area contributed by atoms with E-state index in [-0.39, 0.29) is 12.0 Å². The molecule has 0 atom stereocenters. The van der Waals surface area contributed by atoms with E-state index in [2.05, 4.69) is 23.5 Å². The van der Waals surface area contributed by atoms with Crippen molar-refractivity contribution in [3.05, 3.63) is 18.0 Å². The quantitative estimate of drug-likeness (QED) is 0.737. The maximum atomic E-state index is 9.11. The molecule has 1 rings (SSSR count). The zero-order valence-electron chi connectivity index (χ0n) is 10.5. The second kappa shape index (κ2) is 6.01. The molecule has 0 saturated carbocycles. The molecule has 0 aliphatic heterocycles. The lowest BCUT2D eigenvalue weighted by Crippen LogP contribution is -2.31. The van der Waals surface area contributed by atoms with Crippen LogP contribution in [0, 0.1) is 5.41 Å². The highest BCUT2D eigenvalue weighted by Crippen LogP contribution is 2.11. The second-order valence-electron chi connectivity index (χ2n) is 5.04. The number of hydrogen-bond donors (Lipinski definition) is 2. The number of nitrogens with one attached hydrogen (secondary N) is 1. The van der Waals surface area contributed by atoms with Gasteiger partial charge in [-0.1, -0.05) is 20.8 Å². The maximum absolute atomic E-state index is 9.11. The average Bonchev–Trinajstić information content (AvgIpc) is 2.66. The van der Waals surface area contributed by atoms with Gasteiger partial charge in [-0.05, 0) is 6.42 Å². The van der Waals surface area contributed by atoms with Crippen molar-refractivity contribution in [2.75, 3.05) is 13.2 Å². The Balaban J connectivity index is 2.31. The molecule has 92 valence electrons. The van der Waals surface area contributed by atoms with Crippen molar-refractivity contribution in [1.82, 2.24) is 15.1 Å². The molecule has 0 spiro atoms. The van der Waals surface area contributed by atoms with Gasteiger partial charge in [-0.3, -0.25) is 4.68 Å². The van der Waals surface area contributed by atoms with E-state index in [0.717, 1.165) is 26.1 Å². The van der Waals surface area contributed by atoms with Gasteiger partial charge in [0.1, 0.15) is 0 Å². The fourth-order valence-corrected chi connectivity index (χ4v) is 1.45. The van der Waals surface area contributed by atoms with E-state index >= 15 is 0 Å². The third kappa shape index (κ3) is 4.33. The fourth-order valence-electron chi connectivity index (χ4n) is 1.45. The number of aliphatic hydroxyl groups excluding tert-OH is 1. The average molecular weight is 225 g/mol. The first kappa shape index (κ1) is 13.2. The van der Waals surface area contributed by atoms with Crippen LogP contribution in [0.25, 0.3) is 0 Å². The zero-order chi connectivity index (χ0) is 12.0. The van der Waals surface area contributed by atoms with E-state index in [9.17, 15) is 0 Å². The first-order valence-electron chi connectivity index (χ1n) is 5.90. The topological polar surface area (TPSA) is 50.1 Å². The molecule has 4 nitrogen and oxygen atoms in total. The number of nitrogens with zero attached hydrogens (tertiary/aromatic N) is 2. The SMILES string of the molecule is CCCn1cc(CNCC(C)(C)CO)cn1. The minimum atomic E-state index is -0.0561. The highest BCUT2D eigenvalue weighted by Gasteiger charge is 2.15. The Kier molecular flexibility index (Phi) is 4.96. The minimum absolute atomic E-state index is 0.0561. The van der Waals surface area contributed by atoms with Crippen LogP contribution in [0.4, 0.5) is 0 Å². The molecule has 0 unspecified atom stereocenters. The number of aryl methyl sites for hydroxylation is 1. The molecule has 16 heavy (non-hydrogen) atoms. The number of aromatic nitrogens is 2. The largest absolute Gasteiger partial charge is 0.396 e. The molecule has 0 amide bonds. The van der Waals surface area contributed by atoms with Crippen LogP contribution in [0.1, 0.15) is 32.8 Å². The lowest BCUT2D eigenvalue weighted by molar-refractivity contribution is 0.156. The Hall–Kier alpha value is -0.870. The van der Waals surface area contributed by atoms with Crippen molar-refractivity contribution in [3.63, 3.8) is 0 Å². The third-order valence-corrected chi connectivity index (χ3v) is 2.50. The first-order chi connectivity index (χ1) is 7.57. The molecule has 4 heteroatoms. The molecule has 2 N–H and O–H groups in total. The van der Waals surface area contributed by atoms with Crippen molar-refractivity contribution in [3.8, 4) is 0 Å². The van der Waals surface area contributed by atoms with Crippen molar-refractivity contribution >= 4 is 0 Å².